The van der Waals surface area contributed by atoms with Crippen LogP contribution in [0.25, 0.3) is 0 Å². The van der Waals surface area contributed by atoms with Gasteiger partial charge in [-0.05, 0) is 60.2 Å². The normalized spacial score (nSPS) is 15.6. The molecule has 2 aromatic rings. The van der Waals surface area contributed by atoms with E-state index < -0.39 is 16.1 Å². The maximum absolute atomic E-state index is 13.1. The van der Waals surface area contributed by atoms with Gasteiger partial charge in [0.15, 0.2) is 0 Å². The smallest absolute Gasteiger partial charge is 0.413 e. The van der Waals surface area contributed by atoms with Crippen LogP contribution in [0.1, 0.15) is 39.2 Å². The van der Waals surface area contributed by atoms with Crippen molar-refractivity contribution in [2.75, 3.05) is 37.5 Å². The number of carbonyl (C=O) groups is 2. The Kier molecular flexibility index (Phi) is 7.67. The summed E-state index contributed by atoms with van der Waals surface area (Å²) in [7, 11) is -0.686. The lowest BCUT2D eigenvalue weighted by atomic mass is 9.87. The number of sulfonamides is 1. The van der Waals surface area contributed by atoms with Crippen molar-refractivity contribution in [1.29, 1.82) is 0 Å². The van der Waals surface area contributed by atoms with Crippen LogP contribution in [0.5, 0.6) is 0 Å². The summed E-state index contributed by atoms with van der Waals surface area (Å²) in [5, 5.41) is 2.88. The number of rotatable bonds is 5. The SMILES string of the molecule is COC(=O)N(C)c1ccc(NC(=O)C2CCN(S(=O)(=O)c3ccc(C(C)(C)C)cc3)CC2)cc1. The van der Waals surface area contributed by atoms with E-state index in [1.165, 1.54) is 16.3 Å². The molecule has 1 heterocycles. The molecule has 9 heteroatoms. The van der Waals surface area contributed by atoms with Gasteiger partial charge >= 0.3 is 6.09 Å². The van der Waals surface area contributed by atoms with Crippen LogP contribution in [-0.2, 0) is 25.0 Å². The summed E-state index contributed by atoms with van der Waals surface area (Å²) in [6, 6.07) is 13.9. The number of amides is 2. The van der Waals surface area contributed by atoms with E-state index in [-0.39, 0.29) is 22.1 Å². The molecule has 0 unspecified atom stereocenters. The molecule has 1 aliphatic heterocycles. The Morgan fingerprint density at radius 3 is 2.06 bits per heavy atom. The summed E-state index contributed by atoms with van der Waals surface area (Å²) in [6.07, 6.45) is 0.423. The molecule has 1 fully saturated rings. The quantitative estimate of drug-likeness (QED) is 0.681. The fraction of sp³-hybridized carbons (Fsp3) is 0.440. The number of hydrogen-bond acceptors (Lipinski definition) is 5. The molecule has 0 spiro atoms. The molecule has 0 saturated carbocycles. The zero-order valence-electron chi connectivity index (χ0n) is 20.4. The fourth-order valence-corrected chi connectivity index (χ4v) is 5.36. The zero-order valence-corrected chi connectivity index (χ0v) is 21.2. The first kappa shape index (κ1) is 25.7. The van der Waals surface area contributed by atoms with Gasteiger partial charge in [0.25, 0.3) is 0 Å². The predicted molar refractivity (Wildman–Crippen MR) is 133 cm³/mol. The molecule has 2 amide bonds. The van der Waals surface area contributed by atoms with Crippen LogP contribution in [-0.4, -0.2) is 52.0 Å². The molecule has 1 N–H and O–H groups in total. The van der Waals surface area contributed by atoms with Crippen molar-refractivity contribution in [3.05, 3.63) is 54.1 Å². The zero-order chi connectivity index (χ0) is 25.1. The van der Waals surface area contributed by atoms with Crippen molar-refractivity contribution >= 4 is 33.4 Å². The van der Waals surface area contributed by atoms with Crippen LogP contribution in [0, 0.1) is 5.92 Å². The third kappa shape index (κ3) is 5.77. The average Bonchev–Trinajstić information content (AvgIpc) is 2.83. The summed E-state index contributed by atoms with van der Waals surface area (Å²) in [4.78, 5) is 26.0. The van der Waals surface area contributed by atoms with E-state index in [0.29, 0.717) is 37.3 Å². The van der Waals surface area contributed by atoms with E-state index in [0.717, 1.165) is 5.56 Å². The summed E-state index contributed by atoms with van der Waals surface area (Å²) >= 11 is 0. The lowest BCUT2D eigenvalue weighted by molar-refractivity contribution is -0.120. The number of nitrogens with one attached hydrogen (secondary N) is 1. The lowest BCUT2D eigenvalue weighted by Crippen LogP contribution is -2.41. The molecule has 184 valence electrons. The summed E-state index contributed by atoms with van der Waals surface area (Å²) < 4.78 is 32.3. The molecule has 0 atom stereocenters. The van der Waals surface area contributed by atoms with Gasteiger partial charge in [0.2, 0.25) is 15.9 Å². The third-order valence-corrected chi connectivity index (χ3v) is 8.07. The number of piperidine rings is 1. The van der Waals surface area contributed by atoms with Crippen LogP contribution in [0.2, 0.25) is 0 Å². The first-order chi connectivity index (χ1) is 15.9. The minimum atomic E-state index is -3.60. The van der Waals surface area contributed by atoms with Crippen molar-refractivity contribution in [1.82, 2.24) is 4.31 Å². The van der Waals surface area contributed by atoms with E-state index in [4.69, 9.17) is 4.74 Å². The molecule has 3 rings (SSSR count). The third-order valence-electron chi connectivity index (χ3n) is 6.15. The number of nitrogens with zero attached hydrogens (tertiary/aromatic N) is 2. The number of benzene rings is 2. The molecule has 2 aromatic carbocycles. The van der Waals surface area contributed by atoms with Crippen molar-refractivity contribution in [3.63, 3.8) is 0 Å². The van der Waals surface area contributed by atoms with E-state index >= 15 is 0 Å². The van der Waals surface area contributed by atoms with Gasteiger partial charge in [0.1, 0.15) is 0 Å². The Balaban J connectivity index is 1.58. The van der Waals surface area contributed by atoms with Gasteiger partial charge in [0, 0.05) is 37.4 Å². The summed E-state index contributed by atoms with van der Waals surface area (Å²) in [6.45, 7) is 6.85. The maximum Gasteiger partial charge on any atom is 0.413 e. The first-order valence-electron chi connectivity index (χ1n) is 11.3. The number of ether oxygens (including phenoxy) is 1. The minimum Gasteiger partial charge on any atom is -0.452 e. The van der Waals surface area contributed by atoms with Crippen molar-refractivity contribution < 1.29 is 22.7 Å². The van der Waals surface area contributed by atoms with E-state index in [9.17, 15) is 18.0 Å². The van der Waals surface area contributed by atoms with Crippen molar-refractivity contribution in [2.24, 2.45) is 5.92 Å². The van der Waals surface area contributed by atoms with Gasteiger partial charge < -0.3 is 10.1 Å². The van der Waals surface area contributed by atoms with Crippen LogP contribution < -0.4 is 10.2 Å². The molecule has 1 aliphatic rings. The Morgan fingerprint density at radius 1 is 1.00 bits per heavy atom. The number of methoxy groups -OCH3 is 1. The minimum absolute atomic E-state index is 0.0500. The highest BCUT2D eigenvalue weighted by Gasteiger charge is 2.32. The van der Waals surface area contributed by atoms with Gasteiger partial charge in [0.05, 0.1) is 12.0 Å². The van der Waals surface area contributed by atoms with Gasteiger partial charge in [-0.1, -0.05) is 32.9 Å². The molecular formula is C25H33N3O5S. The highest BCUT2D eigenvalue weighted by atomic mass is 32.2. The number of anilines is 2. The van der Waals surface area contributed by atoms with Crippen LogP contribution in [0.15, 0.2) is 53.4 Å². The van der Waals surface area contributed by atoms with E-state index in [1.54, 1.807) is 43.4 Å². The van der Waals surface area contributed by atoms with Gasteiger partial charge in [-0.25, -0.2) is 13.2 Å². The largest absolute Gasteiger partial charge is 0.452 e. The summed E-state index contributed by atoms with van der Waals surface area (Å²) in [5.41, 5.74) is 2.28. The van der Waals surface area contributed by atoms with Crippen LogP contribution in [0.4, 0.5) is 16.2 Å². The number of carbonyl (C=O) groups excluding carboxylic acids is 2. The van der Waals surface area contributed by atoms with Gasteiger partial charge in [-0.15, -0.1) is 0 Å². The van der Waals surface area contributed by atoms with Crippen molar-refractivity contribution in [2.45, 2.75) is 43.9 Å². The summed E-state index contributed by atoms with van der Waals surface area (Å²) in [5.74, 6) is -0.409. The van der Waals surface area contributed by atoms with Crippen LogP contribution >= 0.6 is 0 Å². The Labute approximate surface area is 201 Å². The van der Waals surface area contributed by atoms with Gasteiger partial charge in [-0.2, -0.15) is 4.31 Å². The standard InChI is InChI=1S/C25H33N3O5S/c1-25(2,3)19-6-12-22(13-7-19)34(31,32)28-16-14-18(15-17-28)23(29)26-20-8-10-21(11-9-20)27(4)24(30)33-5/h6-13,18H,14-17H2,1-5H3,(H,26,29). The predicted octanol–water partition coefficient (Wildman–Crippen LogP) is 4.23. The highest BCUT2D eigenvalue weighted by Crippen LogP contribution is 2.28. The molecule has 0 aliphatic carbocycles. The van der Waals surface area contributed by atoms with Crippen molar-refractivity contribution in [3.8, 4) is 0 Å². The molecule has 8 nitrogen and oxygen atoms in total. The lowest BCUT2D eigenvalue weighted by Gasteiger charge is -2.30. The Morgan fingerprint density at radius 2 is 1.56 bits per heavy atom. The fourth-order valence-electron chi connectivity index (χ4n) is 3.89. The average molecular weight is 488 g/mol. The molecular weight excluding hydrogens is 454 g/mol. The second kappa shape index (κ2) is 10.1. The second-order valence-electron chi connectivity index (χ2n) is 9.52. The van der Waals surface area contributed by atoms with Crippen LogP contribution in [0.3, 0.4) is 0 Å². The molecule has 34 heavy (non-hydrogen) atoms. The van der Waals surface area contributed by atoms with E-state index in [1.807, 2.05) is 12.1 Å². The molecule has 0 bridgehead atoms. The molecule has 0 radical (unpaired) electrons. The number of hydrogen-bond donors (Lipinski definition) is 1. The maximum atomic E-state index is 13.1. The Hall–Kier alpha value is -2.91. The first-order valence-corrected chi connectivity index (χ1v) is 12.7. The highest BCUT2D eigenvalue weighted by molar-refractivity contribution is 7.89. The second-order valence-corrected chi connectivity index (χ2v) is 11.5. The topological polar surface area (TPSA) is 96.0 Å². The Bertz CT molecular complexity index is 1110. The van der Waals surface area contributed by atoms with Gasteiger partial charge in [-0.3, -0.25) is 9.69 Å². The molecule has 1 saturated heterocycles. The monoisotopic (exact) mass is 487 g/mol. The molecule has 0 aromatic heterocycles. The van der Waals surface area contributed by atoms with E-state index in [2.05, 4.69) is 26.1 Å².